The SMILES string of the molecule is CCNC1CC(c2ccc(OC3CCCCC3)cc2)C1C. The summed E-state index contributed by atoms with van der Waals surface area (Å²) in [6.07, 6.45) is 8.22. The molecule has 0 saturated heterocycles. The molecule has 0 amide bonds. The molecule has 0 spiro atoms. The van der Waals surface area contributed by atoms with Crippen LogP contribution in [0.4, 0.5) is 0 Å². The summed E-state index contributed by atoms with van der Waals surface area (Å²) in [6.45, 7) is 5.64. The van der Waals surface area contributed by atoms with Gasteiger partial charge in [-0.1, -0.05) is 32.4 Å². The fourth-order valence-corrected chi connectivity index (χ4v) is 3.93. The molecule has 3 unspecified atom stereocenters. The summed E-state index contributed by atoms with van der Waals surface area (Å²) < 4.78 is 6.12. The predicted octanol–water partition coefficient (Wildman–Crippen LogP) is 4.50. The minimum atomic E-state index is 0.449. The van der Waals surface area contributed by atoms with Crippen LogP contribution in [-0.2, 0) is 0 Å². The van der Waals surface area contributed by atoms with Crippen molar-refractivity contribution in [3.8, 4) is 5.75 Å². The first-order valence-electron chi connectivity index (χ1n) is 8.78. The van der Waals surface area contributed by atoms with Gasteiger partial charge in [0, 0.05) is 6.04 Å². The molecule has 3 atom stereocenters. The van der Waals surface area contributed by atoms with E-state index in [1.165, 1.54) is 44.1 Å². The third kappa shape index (κ3) is 3.42. The summed E-state index contributed by atoms with van der Waals surface area (Å²) in [5.41, 5.74) is 1.48. The van der Waals surface area contributed by atoms with E-state index in [-0.39, 0.29) is 0 Å². The van der Waals surface area contributed by atoms with Crippen molar-refractivity contribution in [1.29, 1.82) is 0 Å². The van der Waals surface area contributed by atoms with Crippen molar-refractivity contribution in [2.75, 3.05) is 6.54 Å². The van der Waals surface area contributed by atoms with Crippen LogP contribution in [0.5, 0.6) is 5.75 Å². The lowest BCUT2D eigenvalue weighted by atomic mass is 9.67. The summed E-state index contributed by atoms with van der Waals surface area (Å²) >= 11 is 0. The van der Waals surface area contributed by atoms with Gasteiger partial charge in [-0.2, -0.15) is 0 Å². The molecule has 0 bridgehead atoms. The Morgan fingerprint density at radius 3 is 2.43 bits per heavy atom. The fraction of sp³-hybridized carbons (Fsp3) is 0.684. The maximum absolute atomic E-state index is 6.12. The van der Waals surface area contributed by atoms with E-state index in [9.17, 15) is 0 Å². The molecule has 0 radical (unpaired) electrons. The minimum absolute atomic E-state index is 0.449. The second-order valence-electron chi connectivity index (χ2n) is 6.81. The highest BCUT2D eigenvalue weighted by Gasteiger charge is 2.37. The normalized spacial score (nSPS) is 29.9. The van der Waals surface area contributed by atoms with Gasteiger partial charge >= 0.3 is 0 Å². The first-order chi connectivity index (χ1) is 10.3. The molecule has 2 saturated carbocycles. The highest BCUT2D eigenvalue weighted by atomic mass is 16.5. The quantitative estimate of drug-likeness (QED) is 0.861. The molecule has 0 aromatic heterocycles. The fourth-order valence-electron chi connectivity index (χ4n) is 3.93. The second-order valence-corrected chi connectivity index (χ2v) is 6.81. The van der Waals surface area contributed by atoms with Crippen molar-refractivity contribution in [1.82, 2.24) is 5.32 Å². The van der Waals surface area contributed by atoms with E-state index in [1.807, 2.05) is 0 Å². The molecule has 0 heterocycles. The van der Waals surface area contributed by atoms with Crippen LogP contribution in [-0.4, -0.2) is 18.7 Å². The van der Waals surface area contributed by atoms with Crippen LogP contribution in [0.3, 0.4) is 0 Å². The first kappa shape index (κ1) is 14.9. The van der Waals surface area contributed by atoms with Crippen molar-refractivity contribution < 1.29 is 4.74 Å². The molecule has 2 fully saturated rings. The van der Waals surface area contributed by atoms with Crippen LogP contribution in [0.2, 0.25) is 0 Å². The van der Waals surface area contributed by atoms with Gasteiger partial charge in [-0.05, 0) is 68.2 Å². The van der Waals surface area contributed by atoms with Gasteiger partial charge in [0.15, 0.2) is 0 Å². The molecule has 1 N–H and O–H groups in total. The van der Waals surface area contributed by atoms with Crippen LogP contribution >= 0.6 is 0 Å². The highest BCUT2D eigenvalue weighted by Crippen LogP contribution is 2.42. The smallest absolute Gasteiger partial charge is 0.119 e. The summed E-state index contributed by atoms with van der Waals surface area (Å²) in [5.74, 6) is 2.52. The molecular formula is C19H29NO. The molecule has 2 heteroatoms. The van der Waals surface area contributed by atoms with E-state index < -0.39 is 0 Å². The van der Waals surface area contributed by atoms with Gasteiger partial charge in [-0.3, -0.25) is 0 Å². The van der Waals surface area contributed by atoms with E-state index in [0.29, 0.717) is 12.1 Å². The highest BCUT2D eigenvalue weighted by molar-refractivity contribution is 5.32. The number of benzene rings is 1. The molecule has 1 aromatic carbocycles. The van der Waals surface area contributed by atoms with Crippen molar-refractivity contribution in [3.63, 3.8) is 0 Å². The number of nitrogens with one attached hydrogen (secondary N) is 1. The van der Waals surface area contributed by atoms with E-state index >= 15 is 0 Å². The van der Waals surface area contributed by atoms with Gasteiger partial charge in [0.05, 0.1) is 6.10 Å². The maximum atomic E-state index is 6.12. The number of ether oxygens (including phenoxy) is 1. The molecule has 3 rings (SSSR count). The zero-order valence-corrected chi connectivity index (χ0v) is 13.5. The van der Waals surface area contributed by atoms with E-state index in [0.717, 1.165) is 24.1 Å². The molecule has 0 aliphatic heterocycles. The van der Waals surface area contributed by atoms with Gasteiger partial charge in [0.1, 0.15) is 5.75 Å². The molecule has 21 heavy (non-hydrogen) atoms. The van der Waals surface area contributed by atoms with Crippen LogP contribution in [0.1, 0.15) is 63.9 Å². The third-order valence-corrected chi connectivity index (χ3v) is 5.41. The van der Waals surface area contributed by atoms with Crippen LogP contribution in [0, 0.1) is 5.92 Å². The molecule has 2 nitrogen and oxygen atoms in total. The monoisotopic (exact) mass is 287 g/mol. The summed E-state index contributed by atoms with van der Waals surface area (Å²) in [6, 6.07) is 9.62. The topological polar surface area (TPSA) is 21.3 Å². The third-order valence-electron chi connectivity index (χ3n) is 5.41. The Hall–Kier alpha value is -1.02. The largest absolute Gasteiger partial charge is 0.490 e. The Morgan fingerprint density at radius 1 is 1.10 bits per heavy atom. The molecule has 1 aromatic rings. The minimum Gasteiger partial charge on any atom is -0.490 e. The maximum Gasteiger partial charge on any atom is 0.119 e. The Kier molecular flexibility index (Phi) is 4.84. The summed E-state index contributed by atoms with van der Waals surface area (Å²) in [7, 11) is 0. The van der Waals surface area contributed by atoms with E-state index in [2.05, 4.69) is 43.4 Å². The zero-order chi connectivity index (χ0) is 14.7. The van der Waals surface area contributed by atoms with Crippen molar-refractivity contribution in [3.05, 3.63) is 29.8 Å². The Bertz CT molecular complexity index is 435. The van der Waals surface area contributed by atoms with E-state index in [4.69, 9.17) is 4.74 Å². The lowest BCUT2D eigenvalue weighted by Gasteiger charge is -2.43. The average molecular weight is 287 g/mol. The van der Waals surface area contributed by atoms with Gasteiger partial charge in [-0.25, -0.2) is 0 Å². The number of hydrogen-bond acceptors (Lipinski definition) is 2. The van der Waals surface area contributed by atoms with Crippen LogP contribution in [0.15, 0.2) is 24.3 Å². The van der Waals surface area contributed by atoms with Gasteiger partial charge in [0.25, 0.3) is 0 Å². The number of rotatable bonds is 5. The molecular weight excluding hydrogens is 258 g/mol. The Morgan fingerprint density at radius 2 is 1.81 bits per heavy atom. The molecule has 2 aliphatic rings. The van der Waals surface area contributed by atoms with E-state index in [1.54, 1.807) is 0 Å². The Balaban J connectivity index is 1.55. The number of hydrogen-bond donors (Lipinski definition) is 1. The molecule has 2 aliphatic carbocycles. The van der Waals surface area contributed by atoms with Crippen molar-refractivity contribution in [2.45, 2.75) is 70.4 Å². The Labute approximate surface area is 129 Å². The molecule has 116 valence electrons. The van der Waals surface area contributed by atoms with Crippen LogP contribution < -0.4 is 10.1 Å². The van der Waals surface area contributed by atoms with Gasteiger partial charge < -0.3 is 10.1 Å². The van der Waals surface area contributed by atoms with Crippen molar-refractivity contribution >= 4 is 0 Å². The average Bonchev–Trinajstić information content (AvgIpc) is 2.53. The predicted molar refractivity (Wildman–Crippen MR) is 87.9 cm³/mol. The second kappa shape index (κ2) is 6.83. The standard InChI is InChI=1S/C19H29NO/c1-3-20-19-13-18(14(19)2)15-9-11-17(12-10-15)21-16-7-5-4-6-8-16/h9-12,14,16,18-20H,3-8,13H2,1-2H3. The first-order valence-corrected chi connectivity index (χ1v) is 8.78. The summed E-state index contributed by atoms with van der Waals surface area (Å²) in [5, 5.41) is 3.57. The van der Waals surface area contributed by atoms with Gasteiger partial charge in [-0.15, -0.1) is 0 Å². The lowest BCUT2D eigenvalue weighted by Crippen LogP contribution is -2.47. The zero-order valence-electron chi connectivity index (χ0n) is 13.5. The summed E-state index contributed by atoms with van der Waals surface area (Å²) in [4.78, 5) is 0. The lowest BCUT2D eigenvalue weighted by molar-refractivity contribution is 0.154. The van der Waals surface area contributed by atoms with Crippen molar-refractivity contribution in [2.24, 2.45) is 5.92 Å². The van der Waals surface area contributed by atoms with Crippen LogP contribution in [0.25, 0.3) is 0 Å². The van der Waals surface area contributed by atoms with Gasteiger partial charge in [0.2, 0.25) is 0 Å².